The number of hydrogen-bond acceptors (Lipinski definition) is 2. The first-order valence-electron chi connectivity index (χ1n) is 9.03. The van der Waals surface area contributed by atoms with Gasteiger partial charge in [-0.2, -0.15) is 0 Å². The maximum absolute atomic E-state index is 13.0. The highest BCUT2D eigenvalue weighted by Crippen LogP contribution is 2.20. The van der Waals surface area contributed by atoms with Gasteiger partial charge in [0.25, 0.3) is 5.56 Å². The van der Waals surface area contributed by atoms with Gasteiger partial charge in [-0.1, -0.05) is 42.5 Å². The molecule has 1 aliphatic heterocycles. The van der Waals surface area contributed by atoms with E-state index >= 15 is 0 Å². The molecule has 0 unspecified atom stereocenters. The van der Waals surface area contributed by atoms with Gasteiger partial charge in [-0.3, -0.25) is 9.48 Å². The number of nitrogens with zero attached hydrogens (tertiary/aromatic N) is 3. The van der Waals surface area contributed by atoms with Gasteiger partial charge in [-0.15, -0.1) is 0 Å². The number of anilines is 1. The van der Waals surface area contributed by atoms with Crippen molar-refractivity contribution < 1.29 is 0 Å². The Balaban J connectivity index is 1.60. The molecule has 4 rings (SSSR count). The number of para-hydroxylation sites is 1. The zero-order valence-electron chi connectivity index (χ0n) is 15.5. The van der Waals surface area contributed by atoms with E-state index in [1.165, 1.54) is 11.1 Å². The third-order valence-corrected chi connectivity index (χ3v) is 5.56. The van der Waals surface area contributed by atoms with Crippen molar-refractivity contribution in [3.8, 4) is 5.69 Å². The molecule has 0 radical (unpaired) electrons. The molecule has 1 N–H and O–H groups in total. The van der Waals surface area contributed by atoms with Crippen molar-refractivity contribution in [2.24, 2.45) is 7.05 Å². The van der Waals surface area contributed by atoms with Gasteiger partial charge < -0.3 is 10.2 Å². The smallest absolute Gasteiger partial charge is 0.295 e. The number of benzene rings is 2. The molecule has 2 heterocycles. The minimum absolute atomic E-state index is 0.0963. The van der Waals surface area contributed by atoms with Crippen LogP contribution in [0.5, 0.6) is 0 Å². The summed E-state index contributed by atoms with van der Waals surface area (Å²) in [6.07, 6.45) is 0.958. The summed E-state index contributed by atoms with van der Waals surface area (Å²) in [5, 5.41) is 3.81. The number of hydrogen-bond donors (Lipinski definition) is 1. The van der Waals surface area contributed by atoms with Gasteiger partial charge >= 0.3 is 0 Å². The Morgan fingerprint density at radius 3 is 2.44 bits per heavy atom. The van der Waals surface area contributed by atoms with Gasteiger partial charge in [0.2, 0.25) is 0 Å². The quantitative estimate of drug-likeness (QED) is 0.695. The third kappa shape index (κ3) is 3.17. The lowest BCUT2D eigenvalue weighted by atomic mass is 10.0. The van der Waals surface area contributed by atoms with Crippen LogP contribution in [-0.2, 0) is 20.0 Å². The fourth-order valence-electron chi connectivity index (χ4n) is 3.57. The Bertz CT molecular complexity index is 1050. The van der Waals surface area contributed by atoms with Gasteiger partial charge in [-0.25, -0.2) is 4.68 Å². The van der Waals surface area contributed by atoms with Gasteiger partial charge in [0.1, 0.15) is 5.69 Å². The molecule has 0 atom stereocenters. The molecular weight excluding hydrogens is 356 g/mol. The van der Waals surface area contributed by atoms with Crippen LogP contribution in [0, 0.1) is 6.92 Å². The SMILES string of the molecule is Cc1c(NC(=S)N2CCc3ccccc3C2)c(=O)n(-c2ccccc2)n1C. The molecule has 1 aromatic heterocycles. The molecule has 0 spiro atoms. The minimum atomic E-state index is -0.0963. The second-order valence-electron chi connectivity index (χ2n) is 6.81. The number of thiocarbonyl (C=S) groups is 1. The minimum Gasteiger partial charge on any atom is -0.344 e. The Morgan fingerprint density at radius 2 is 1.70 bits per heavy atom. The molecule has 0 aliphatic carbocycles. The first-order chi connectivity index (χ1) is 13.1. The first-order valence-corrected chi connectivity index (χ1v) is 9.44. The van der Waals surface area contributed by atoms with E-state index in [1.807, 2.05) is 49.0 Å². The normalized spacial score (nSPS) is 13.3. The molecule has 0 saturated carbocycles. The molecule has 0 saturated heterocycles. The van der Waals surface area contributed by atoms with E-state index in [0.29, 0.717) is 10.8 Å². The third-order valence-electron chi connectivity index (χ3n) is 5.20. The number of nitrogens with one attached hydrogen (secondary N) is 1. The van der Waals surface area contributed by atoms with Gasteiger partial charge in [0, 0.05) is 20.1 Å². The average Bonchev–Trinajstić information content (AvgIpc) is 2.91. The topological polar surface area (TPSA) is 42.2 Å². The summed E-state index contributed by atoms with van der Waals surface area (Å²) in [4.78, 5) is 15.2. The second kappa shape index (κ2) is 7.04. The molecule has 1 aliphatic rings. The van der Waals surface area contributed by atoms with E-state index in [9.17, 15) is 4.79 Å². The first kappa shape index (κ1) is 17.5. The lowest BCUT2D eigenvalue weighted by molar-refractivity contribution is 0.399. The van der Waals surface area contributed by atoms with Gasteiger partial charge in [-0.05, 0) is 48.8 Å². The largest absolute Gasteiger partial charge is 0.344 e. The van der Waals surface area contributed by atoms with Crippen LogP contribution >= 0.6 is 12.2 Å². The van der Waals surface area contributed by atoms with Crippen LogP contribution in [0.3, 0.4) is 0 Å². The summed E-state index contributed by atoms with van der Waals surface area (Å²) in [7, 11) is 1.88. The van der Waals surface area contributed by atoms with Crippen LogP contribution in [0.15, 0.2) is 59.4 Å². The highest BCUT2D eigenvalue weighted by Gasteiger charge is 2.21. The maximum Gasteiger partial charge on any atom is 0.295 e. The molecule has 0 bridgehead atoms. The maximum atomic E-state index is 13.0. The predicted molar refractivity (Wildman–Crippen MR) is 113 cm³/mol. The molecule has 6 heteroatoms. The Kier molecular flexibility index (Phi) is 4.58. The van der Waals surface area contributed by atoms with Crippen molar-refractivity contribution in [2.75, 3.05) is 11.9 Å². The lowest BCUT2D eigenvalue weighted by Crippen LogP contribution is -2.39. The van der Waals surface area contributed by atoms with Gasteiger partial charge in [0.05, 0.1) is 11.4 Å². The lowest BCUT2D eigenvalue weighted by Gasteiger charge is -2.30. The van der Waals surface area contributed by atoms with Crippen LogP contribution in [0.4, 0.5) is 5.69 Å². The van der Waals surface area contributed by atoms with Crippen molar-refractivity contribution in [1.82, 2.24) is 14.3 Å². The molecule has 3 aromatic rings. The number of fused-ring (bicyclic) bond motifs is 1. The van der Waals surface area contributed by atoms with Crippen LogP contribution in [0.2, 0.25) is 0 Å². The fourth-order valence-corrected chi connectivity index (χ4v) is 3.83. The van der Waals surface area contributed by atoms with Crippen LogP contribution in [0.1, 0.15) is 16.8 Å². The van der Waals surface area contributed by atoms with E-state index in [0.717, 1.165) is 30.9 Å². The van der Waals surface area contributed by atoms with Crippen LogP contribution in [0.25, 0.3) is 5.69 Å². The van der Waals surface area contributed by atoms with E-state index in [1.54, 1.807) is 4.68 Å². The Labute approximate surface area is 163 Å². The van der Waals surface area contributed by atoms with Crippen molar-refractivity contribution in [1.29, 1.82) is 0 Å². The number of aromatic nitrogens is 2. The standard InChI is InChI=1S/C21H22N4OS/c1-15-19(20(26)25(23(15)2)18-10-4-3-5-11-18)22-21(27)24-13-12-16-8-6-7-9-17(16)14-24/h3-11H,12-14H2,1-2H3,(H,22,27). The fraction of sp³-hybridized carbons (Fsp3) is 0.238. The Hall–Kier alpha value is -2.86. The zero-order valence-corrected chi connectivity index (χ0v) is 16.3. The van der Waals surface area contributed by atoms with E-state index < -0.39 is 0 Å². The number of rotatable bonds is 2. The highest BCUT2D eigenvalue weighted by atomic mass is 32.1. The Morgan fingerprint density at radius 1 is 1.04 bits per heavy atom. The van der Waals surface area contributed by atoms with E-state index in [4.69, 9.17) is 12.2 Å². The van der Waals surface area contributed by atoms with Crippen molar-refractivity contribution in [3.63, 3.8) is 0 Å². The van der Waals surface area contributed by atoms with Crippen molar-refractivity contribution in [3.05, 3.63) is 81.8 Å². The highest BCUT2D eigenvalue weighted by molar-refractivity contribution is 7.80. The summed E-state index contributed by atoms with van der Waals surface area (Å²) in [6, 6.07) is 18.1. The summed E-state index contributed by atoms with van der Waals surface area (Å²) in [6.45, 7) is 3.54. The molecule has 27 heavy (non-hydrogen) atoms. The molecule has 5 nitrogen and oxygen atoms in total. The van der Waals surface area contributed by atoms with E-state index in [-0.39, 0.29) is 5.56 Å². The molecule has 2 aromatic carbocycles. The predicted octanol–water partition coefficient (Wildman–Crippen LogP) is 3.24. The zero-order chi connectivity index (χ0) is 19.0. The molecular formula is C21H22N4OS. The van der Waals surface area contributed by atoms with Crippen LogP contribution < -0.4 is 10.9 Å². The molecule has 0 amide bonds. The summed E-state index contributed by atoms with van der Waals surface area (Å²) in [5.74, 6) is 0. The second-order valence-corrected chi connectivity index (χ2v) is 7.19. The molecule has 138 valence electrons. The molecule has 0 fully saturated rings. The van der Waals surface area contributed by atoms with Gasteiger partial charge in [0.15, 0.2) is 5.11 Å². The summed E-state index contributed by atoms with van der Waals surface area (Å²) < 4.78 is 3.51. The monoisotopic (exact) mass is 378 g/mol. The summed E-state index contributed by atoms with van der Waals surface area (Å²) >= 11 is 5.63. The van der Waals surface area contributed by atoms with E-state index in [2.05, 4.69) is 34.5 Å². The van der Waals surface area contributed by atoms with Crippen molar-refractivity contribution in [2.45, 2.75) is 19.9 Å². The van der Waals surface area contributed by atoms with Crippen molar-refractivity contribution >= 4 is 23.0 Å². The van der Waals surface area contributed by atoms with Crippen LogP contribution in [-0.4, -0.2) is 25.9 Å². The summed E-state index contributed by atoms with van der Waals surface area (Å²) in [5.41, 5.74) is 4.78. The average molecular weight is 379 g/mol.